The number of ketones is 1. The number of carbonyl (C=O) groups is 1. The average Bonchev–Trinajstić information content (AvgIpc) is 2.56. The summed E-state index contributed by atoms with van der Waals surface area (Å²) in [5, 5.41) is 11.0. The smallest absolute Gasteiger partial charge is 0.169 e. The number of aliphatic hydroxyl groups is 1. The molecule has 1 fully saturated rings. The third-order valence-electron chi connectivity index (χ3n) is 2.44. The van der Waals surface area contributed by atoms with Gasteiger partial charge >= 0.3 is 0 Å². The third-order valence-corrected chi connectivity index (χ3v) is 2.44. The molecule has 0 unspecified atom stereocenters. The maximum absolute atomic E-state index is 13.2. The van der Waals surface area contributed by atoms with Crippen molar-refractivity contribution >= 4 is 5.78 Å². The zero-order valence-electron chi connectivity index (χ0n) is 18.7. The molecule has 1 aliphatic heterocycles. The van der Waals surface area contributed by atoms with Crippen LogP contribution < -0.4 is 10.1 Å². The van der Waals surface area contributed by atoms with E-state index in [1.807, 2.05) is 0 Å². The Morgan fingerprint density at radius 3 is 2.94 bits per heavy atom. The molecular formula is C14H19NO3. The van der Waals surface area contributed by atoms with Crippen molar-refractivity contribution in [3.63, 3.8) is 0 Å². The van der Waals surface area contributed by atoms with Gasteiger partial charge in [-0.15, -0.1) is 0 Å². The minimum atomic E-state index is -3.51. The molecule has 1 saturated heterocycles. The van der Waals surface area contributed by atoms with E-state index < -0.39 is 49.6 Å². The molecule has 0 spiro atoms. The number of piperidine rings is 1. The molecule has 18 heavy (non-hydrogen) atoms. The van der Waals surface area contributed by atoms with E-state index >= 15 is 0 Å². The number of para-hydroxylation sites is 1. The highest BCUT2D eigenvalue weighted by molar-refractivity contribution is 6.00. The molecule has 0 saturated carbocycles. The Morgan fingerprint density at radius 2 is 2.33 bits per heavy atom. The van der Waals surface area contributed by atoms with Crippen LogP contribution in [0.3, 0.4) is 0 Å². The van der Waals surface area contributed by atoms with Gasteiger partial charge in [0, 0.05) is 23.8 Å². The van der Waals surface area contributed by atoms with Crippen molar-refractivity contribution in [1.82, 2.24) is 5.32 Å². The van der Waals surface area contributed by atoms with Gasteiger partial charge in [0.2, 0.25) is 0 Å². The Kier molecular flexibility index (Phi) is 1.90. The van der Waals surface area contributed by atoms with Gasteiger partial charge in [-0.1, -0.05) is 12.1 Å². The molecule has 0 aromatic heterocycles. The minimum Gasteiger partial charge on any atom is -0.496 e. The first kappa shape index (κ1) is 5.72. The number of methoxy groups -OCH3 is 1. The molecule has 0 amide bonds. The van der Waals surface area contributed by atoms with Crippen LogP contribution in [0.1, 0.15) is 41.0 Å². The quantitative estimate of drug-likeness (QED) is 0.801. The van der Waals surface area contributed by atoms with Gasteiger partial charge in [0.25, 0.3) is 0 Å². The number of aliphatic hydroxyl groups excluding tert-OH is 1. The van der Waals surface area contributed by atoms with E-state index in [2.05, 4.69) is 0 Å². The summed E-state index contributed by atoms with van der Waals surface area (Å²) in [7, 11) is 1.16. The van der Waals surface area contributed by atoms with Crippen LogP contribution in [0, 0.1) is 5.89 Å². The molecule has 1 aromatic rings. The normalized spacial score (nSPS) is 36.9. The molecule has 4 nitrogen and oxygen atoms in total. The number of ether oxygens (including phenoxy) is 1. The zero-order valence-corrected chi connectivity index (χ0v) is 9.70. The van der Waals surface area contributed by atoms with Crippen molar-refractivity contribution in [3.8, 4) is 5.75 Å². The SMILES string of the molecule is [2H]C1([2H])NC([2H])([2H])C([2H])([2H])C([2H])(C(=O)c2cccc(CO)c2OC)C1([2H])[2H]. The number of carbonyl (C=O) groups excluding carboxylic acids is 1. The van der Waals surface area contributed by atoms with Gasteiger partial charge in [0.1, 0.15) is 5.75 Å². The predicted octanol–water partition coefficient (Wildman–Crippen LogP) is 1.37. The van der Waals surface area contributed by atoms with Crippen molar-refractivity contribution in [2.24, 2.45) is 5.89 Å². The fourth-order valence-corrected chi connectivity index (χ4v) is 1.63. The van der Waals surface area contributed by atoms with Crippen LogP contribution in [-0.2, 0) is 6.61 Å². The highest BCUT2D eigenvalue weighted by Crippen LogP contribution is 2.28. The van der Waals surface area contributed by atoms with Crippen molar-refractivity contribution < 1.29 is 27.0 Å². The van der Waals surface area contributed by atoms with Crippen LogP contribution in [0.5, 0.6) is 5.75 Å². The second-order valence-electron chi connectivity index (χ2n) is 3.49. The summed E-state index contributed by atoms with van der Waals surface area (Å²) in [4.78, 5) is 13.2. The van der Waals surface area contributed by atoms with E-state index in [0.29, 0.717) is 0 Å². The van der Waals surface area contributed by atoms with Gasteiger partial charge in [0.05, 0.1) is 19.3 Å². The molecule has 98 valence electrons. The molecule has 1 aromatic carbocycles. The summed E-state index contributed by atoms with van der Waals surface area (Å²) in [6.07, 6.45) is -6.93. The Bertz CT molecular complexity index is 740. The average molecular weight is 258 g/mol. The number of rotatable bonds is 4. The summed E-state index contributed by atoms with van der Waals surface area (Å²) in [6.45, 7) is -7.03. The molecular weight excluding hydrogens is 230 g/mol. The van der Waals surface area contributed by atoms with E-state index in [-0.39, 0.29) is 11.3 Å². The minimum absolute atomic E-state index is 0.119. The lowest BCUT2D eigenvalue weighted by Gasteiger charge is -2.22. The highest BCUT2D eigenvalue weighted by atomic mass is 16.5. The largest absolute Gasteiger partial charge is 0.496 e. The molecule has 2 N–H and O–H groups in total. The van der Waals surface area contributed by atoms with Gasteiger partial charge in [0.15, 0.2) is 5.78 Å². The number of hydrogen-bond donors (Lipinski definition) is 2. The first-order valence-electron chi connectivity index (χ1n) is 9.73. The Balaban J connectivity index is 2.82. The third kappa shape index (κ3) is 2.54. The molecule has 1 aliphatic rings. The van der Waals surface area contributed by atoms with E-state index in [0.717, 1.165) is 13.2 Å². The first-order chi connectivity index (χ1) is 12.1. The van der Waals surface area contributed by atoms with Crippen molar-refractivity contribution in [2.45, 2.75) is 19.4 Å². The van der Waals surface area contributed by atoms with Crippen LogP contribution in [0.4, 0.5) is 0 Å². The van der Waals surface area contributed by atoms with E-state index in [1.165, 1.54) is 12.1 Å². The molecule has 4 heteroatoms. The van der Waals surface area contributed by atoms with Crippen LogP contribution in [0.15, 0.2) is 18.2 Å². The lowest BCUT2D eigenvalue weighted by molar-refractivity contribution is 0.0891. The maximum atomic E-state index is 13.2. The first-order valence-corrected chi connectivity index (χ1v) is 5.23. The number of hydrogen-bond acceptors (Lipinski definition) is 4. The summed E-state index contributed by atoms with van der Waals surface area (Å²) in [5.41, 5.74) is -0.340. The van der Waals surface area contributed by atoms with Crippen molar-refractivity contribution in [3.05, 3.63) is 29.3 Å². The zero-order chi connectivity index (χ0) is 21.1. The topological polar surface area (TPSA) is 58.6 Å². The highest BCUT2D eigenvalue weighted by Gasteiger charge is 2.25. The lowest BCUT2D eigenvalue weighted by Crippen LogP contribution is -2.32. The molecule has 0 bridgehead atoms. The predicted molar refractivity (Wildman–Crippen MR) is 68.8 cm³/mol. The second kappa shape index (κ2) is 5.98. The molecule has 0 radical (unpaired) electrons. The van der Waals surface area contributed by atoms with Crippen LogP contribution >= 0.6 is 0 Å². The van der Waals surface area contributed by atoms with Gasteiger partial charge in [-0.2, -0.15) is 0 Å². The molecule has 1 heterocycles. The summed E-state index contributed by atoms with van der Waals surface area (Å²) < 4.78 is 76.8. The van der Waals surface area contributed by atoms with E-state index in [1.54, 1.807) is 5.32 Å². The van der Waals surface area contributed by atoms with Gasteiger partial charge in [-0.05, 0) is 31.8 Å². The van der Waals surface area contributed by atoms with Crippen molar-refractivity contribution in [1.29, 1.82) is 0 Å². The standard InChI is InChI=1S/C14H19NO3/c1-18-14-11(9-16)3-2-4-12(14)13(17)10-5-7-15-8-6-10/h2-4,10,15-16H,5-9H2,1H3/i5D2,6D2,7D2,8D2,10D. The van der Waals surface area contributed by atoms with Gasteiger partial charge < -0.3 is 15.2 Å². The molecule has 0 aliphatic carbocycles. The van der Waals surface area contributed by atoms with Crippen LogP contribution in [-0.4, -0.2) is 31.0 Å². The fraction of sp³-hybridized carbons (Fsp3) is 0.500. The van der Waals surface area contributed by atoms with Crippen LogP contribution in [0.2, 0.25) is 0 Å². The van der Waals surface area contributed by atoms with Gasteiger partial charge in [-0.25, -0.2) is 0 Å². The van der Waals surface area contributed by atoms with Crippen molar-refractivity contribution in [2.75, 3.05) is 20.1 Å². The van der Waals surface area contributed by atoms with Crippen LogP contribution in [0.25, 0.3) is 0 Å². The Morgan fingerprint density at radius 1 is 1.61 bits per heavy atom. The van der Waals surface area contributed by atoms with E-state index in [4.69, 9.17) is 17.1 Å². The fourth-order valence-electron chi connectivity index (χ4n) is 1.63. The second-order valence-corrected chi connectivity index (χ2v) is 3.49. The number of benzene rings is 1. The Hall–Kier alpha value is -1.39. The maximum Gasteiger partial charge on any atom is 0.169 e. The lowest BCUT2D eigenvalue weighted by atomic mass is 9.88. The van der Waals surface area contributed by atoms with Gasteiger partial charge in [-0.3, -0.25) is 4.79 Å². The summed E-state index contributed by atoms with van der Waals surface area (Å²) >= 11 is 0. The molecule has 2 rings (SSSR count). The molecule has 0 atom stereocenters. The monoisotopic (exact) mass is 258 g/mol. The number of nitrogens with one attached hydrogen (secondary N) is 1. The summed E-state index contributed by atoms with van der Waals surface area (Å²) in [6, 6.07) is 3.83. The number of Topliss-reactive ketones (excluding diaryl/α,β-unsaturated/α-hetero) is 1. The summed E-state index contributed by atoms with van der Waals surface area (Å²) in [5.74, 6) is -5.23. The Labute approximate surface area is 120 Å². The van der Waals surface area contributed by atoms with E-state index in [9.17, 15) is 9.90 Å².